The van der Waals surface area contributed by atoms with Gasteiger partial charge >= 0.3 is 0 Å². The van der Waals surface area contributed by atoms with Crippen LogP contribution in [0, 0.1) is 5.82 Å². The van der Waals surface area contributed by atoms with Gasteiger partial charge in [-0.1, -0.05) is 30.0 Å². The topological polar surface area (TPSA) is 63.4 Å². The third-order valence-corrected chi connectivity index (χ3v) is 5.12. The molecule has 1 amide bonds. The Morgan fingerprint density at radius 1 is 1.04 bits per heavy atom. The Morgan fingerprint density at radius 2 is 1.79 bits per heavy atom. The first-order valence-corrected chi connectivity index (χ1v) is 9.53. The van der Waals surface area contributed by atoms with E-state index in [4.69, 9.17) is 0 Å². The van der Waals surface area contributed by atoms with Crippen LogP contribution in [0.25, 0.3) is 16.9 Å². The predicted octanol–water partition coefficient (Wildman–Crippen LogP) is 3.69. The molecule has 0 N–H and O–H groups in total. The lowest BCUT2D eigenvalue weighted by Crippen LogP contribution is -2.27. The molecule has 2 aromatic heterocycles. The molecule has 0 saturated carbocycles. The van der Waals surface area contributed by atoms with Crippen LogP contribution in [0.5, 0.6) is 0 Å². The minimum Gasteiger partial charge on any atom is -0.315 e. The summed E-state index contributed by atoms with van der Waals surface area (Å²) in [6.45, 7) is 0. The molecule has 4 rings (SSSR count). The van der Waals surface area contributed by atoms with Crippen molar-refractivity contribution in [3.8, 4) is 11.3 Å². The molecule has 0 atom stereocenters. The molecule has 0 saturated heterocycles. The molecule has 140 valence electrons. The maximum Gasteiger partial charge on any atom is 0.237 e. The smallest absolute Gasteiger partial charge is 0.237 e. The van der Waals surface area contributed by atoms with Crippen LogP contribution in [-0.4, -0.2) is 38.5 Å². The Kier molecular flexibility index (Phi) is 5.03. The van der Waals surface area contributed by atoms with E-state index in [9.17, 15) is 9.18 Å². The molecule has 6 nitrogen and oxygen atoms in total. The second-order valence-electron chi connectivity index (χ2n) is 6.06. The van der Waals surface area contributed by atoms with E-state index in [2.05, 4.69) is 15.3 Å². The van der Waals surface area contributed by atoms with Crippen LogP contribution >= 0.6 is 11.8 Å². The molecule has 0 aliphatic carbocycles. The molecule has 0 spiro atoms. The van der Waals surface area contributed by atoms with Crippen LogP contribution in [-0.2, 0) is 4.79 Å². The zero-order valence-electron chi connectivity index (χ0n) is 15.0. The third kappa shape index (κ3) is 3.72. The molecule has 28 heavy (non-hydrogen) atoms. The molecule has 0 fully saturated rings. The fraction of sp³-hybridized carbons (Fsp3) is 0.100. The lowest BCUT2D eigenvalue weighted by atomic mass is 10.1. The van der Waals surface area contributed by atoms with Crippen molar-refractivity contribution >= 4 is 29.0 Å². The van der Waals surface area contributed by atoms with Crippen LogP contribution in [0.3, 0.4) is 0 Å². The van der Waals surface area contributed by atoms with E-state index < -0.39 is 0 Å². The summed E-state index contributed by atoms with van der Waals surface area (Å²) in [6, 6.07) is 19.2. The number of benzene rings is 2. The summed E-state index contributed by atoms with van der Waals surface area (Å²) in [5.41, 5.74) is 2.86. The van der Waals surface area contributed by atoms with Crippen molar-refractivity contribution in [2.45, 2.75) is 5.16 Å². The van der Waals surface area contributed by atoms with E-state index in [1.54, 1.807) is 40.7 Å². The highest BCUT2D eigenvalue weighted by Gasteiger charge is 2.15. The van der Waals surface area contributed by atoms with Gasteiger partial charge < -0.3 is 4.90 Å². The largest absolute Gasteiger partial charge is 0.315 e. The highest BCUT2D eigenvalue weighted by Crippen LogP contribution is 2.22. The van der Waals surface area contributed by atoms with E-state index in [1.807, 2.05) is 30.3 Å². The number of anilines is 1. The molecule has 0 aliphatic rings. The summed E-state index contributed by atoms with van der Waals surface area (Å²) in [5, 5.41) is 13.3. The number of rotatable bonds is 5. The second kappa shape index (κ2) is 7.77. The summed E-state index contributed by atoms with van der Waals surface area (Å²) < 4.78 is 14.7. The Hall–Kier alpha value is -3.26. The number of thioether (sulfide) groups is 1. The molecule has 0 radical (unpaired) electrons. The van der Waals surface area contributed by atoms with Crippen LogP contribution in [0.4, 0.5) is 10.1 Å². The second-order valence-corrected chi connectivity index (χ2v) is 7.00. The van der Waals surface area contributed by atoms with Crippen LogP contribution in [0.1, 0.15) is 0 Å². The highest BCUT2D eigenvalue weighted by molar-refractivity contribution is 7.99. The molecule has 2 aromatic carbocycles. The molecular weight excluding hydrogens is 377 g/mol. The van der Waals surface area contributed by atoms with Gasteiger partial charge in [0.25, 0.3) is 0 Å². The Labute approximate surface area is 165 Å². The van der Waals surface area contributed by atoms with Gasteiger partial charge in [0.2, 0.25) is 11.1 Å². The molecule has 2 heterocycles. The van der Waals surface area contributed by atoms with Gasteiger partial charge in [0.15, 0.2) is 5.65 Å². The summed E-state index contributed by atoms with van der Waals surface area (Å²) in [5.74, 6) is -0.150. The van der Waals surface area contributed by atoms with Gasteiger partial charge in [-0.25, -0.2) is 4.39 Å². The molecule has 0 unspecified atom stereocenters. The predicted molar refractivity (Wildman–Crippen MR) is 107 cm³/mol. The molecule has 0 bridgehead atoms. The average Bonchev–Trinajstić information content (AvgIpc) is 3.15. The van der Waals surface area contributed by atoms with E-state index >= 15 is 0 Å². The zero-order valence-corrected chi connectivity index (χ0v) is 15.8. The number of nitrogens with zero attached hydrogens (tertiary/aromatic N) is 5. The number of aromatic nitrogens is 4. The SMILES string of the molecule is CN(C(=O)CSc1nnc2ccc(-c3ccc(F)cc3)nn12)c1ccccc1. The van der Waals surface area contributed by atoms with Gasteiger partial charge in [-0.3, -0.25) is 4.79 Å². The fourth-order valence-corrected chi connectivity index (χ4v) is 3.45. The van der Waals surface area contributed by atoms with Gasteiger partial charge in [0.1, 0.15) is 5.82 Å². The van der Waals surface area contributed by atoms with Crippen LogP contribution < -0.4 is 4.90 Å². The number of amides is 1. The van der Waals surface area contributed by atoms with Gasteiger partial charge in [0, 0.05) is 18.3 Å². The number of fused-ring (bicyclic) bond motifs is 1. The number of halogens is 1. The lowest BCUT2D eigenvalue weighted by molar-refractivity contribution is -0.115. The van der Waals surface area contributed by atoms with Gasteiger partial charge in [-0.2, -0.15) is 9.61 Å². The quantitative estimate of drug-likeness (QED) is 0.484. The zero-order chi connectivity index (χ0) is 19.5. The van der Waals surface area contributed by atoms with E-state index in [1.165, 1.54) is 23.9 Å². The Morgan fingerprint density at radius 3 is 2.54 bits per heavy atom. The fourth-order valence-electron chi connectivity index (χ4n) is 2.65. The maximum absolute atomic E-state index is 13.1. The minimum absolute atomic E-state index is 0.0531. The minimum atomic E-state index is -0.300. The van der Waals surface area contributed by atoms with Crippen molar-refractivity contribution < 1.29 is 9.18 Å². The summed E-state index contributed by atoms with van der Waals surface area (Å²) in [6.07, 6.45) is 0. The lowest BCUT2D eigenvalue weighted by Gasteiger charge is -2.16. The average molecular weight is 393 g/mol. The summed E-state index contributed by atoms with van der Waals surface area (Å²) >= 11 is 1.27. The van der Waals surface area contributed by atoms with Crippen LogP contribution in [0.15, 0.2) is 71.9 Å². The van der Waals surface area contributed by atoms with Gasteiger partial charge in [-0.15, -0.1) is 10.2 Å². The van der Waals surface area contributed by atoms with E-state index in [0.29, 0.717) is 16.5 Å². The van der Waals surface area contributed by atoms with Gasteiger partial charge in [0.05, 0.1) is 11.4 Å². The first kappa shape index (κ1) is 18.1. The Balaban J connectivity index is 1.53. The van der Waals surface area contributed by atoms with Crippen molar-refractivity contribution in [1.29, 1.82) is 0 Å². The first-order chi connectivity index (χ1) is 13.6. The number of para-hydroxylation sites is 1. The van der Waals surface area contributed by atoms with E-state index in [-0.39, 0.29) is 17.5 Å². The molecule has 0 aliphatic heterocycles. The van der Waals surface area contributed by atoms with Crippen LogP contribution in [0.2, 0.25) is 0 Å². The first-order valence-electron chi connectivity index (χ1n) is 8.54. The van der Waals surface area contributed by atoms with Gasteiger partial charge in [-0.05, 0) is 48.5 Å². The number of carbonyl (C=O) groups is 1. The van der Waals surface area contributed by atoms with Crippen molar-refractivity contribution in [2.24, 2.45) is 0 Å². The normalized spacial score (nSPS) is 10.9. The van der Waals surface area contributed by atoms with Crippen molar-refractivity contribution in [3.05, 3.63) is 72.5 Å². The van der Waals surface area contributed by atoms with Crippen molar-refractivity contribution in [1.82, 2.24) is 19.8 Å². The standard InChI is InChI=1S/C20H16FN5OS/c1-25(16-5-3-2-4-6-16)19(27)13-28-20-23-22-18-12-11-17(24-26(18)20)14-7-9-15(21)10-8-14/h2-12H,13H2,1H3. The molecular formula is C20H16FN5OS. The van der Waals surface area contributed by atoms with Crippen molar-refractivity contribution in [3.63, 3.8) is 0 Å². The number of hydrogen-bond donors (Lipinski definition) is 0. The summed E-state index contributed by atoms with van der Waals surface area (Å²) in [4.78, 5) is 14.1. The van der Waals surface area contributed by atoms with E-state index in [0.717, 1.165) is 11.3 Å². The third-order valence-electron chi connectivity index (χ3n) is 4.22. The molecule has 4 aromatic rings. The summed E-state index contributed by atoms with van der Waals surface area (Å²) in [7, 11) is 1.74. The monoisotopic (exact) mass is 393 g/mol. The Bertz CT molecular complexity index is 1110. The molecule has 8 heteroatoms. The highest BCUT2D eigenvalue weighted by atomic mass is 32.2. The van der Waals surface area contributed by atoms with Crippen molar-refractivity contribution in [2.75, 3.05) is 17.7 Å². The number of carbonyl (C=O) groups excluding carboxylic acids is 1. The number of hydrogen-bond acceptors (Lipinski definition) is 5. The maximum atomic E-state index is 13.1.